The monoisotopic (exact) mass is 285 g/mol. The average molecular weight is 285 g/mol. The van der Waals surface area contributed by atoms with Gasteiger partial charge in [0.05, 0.1) is 12.1 Å². The summed E-state index contributed by atoms with van der Waals surface area (Å²) in [6, 6.07) is 10.5. The van der Waals surface area contributed by atoms with Crippen LogP contribution in [-0.2, 0) is 0 Å². The molecule has 5 heteroatoms. The van der Waals surface area contributed by atoms with E-state index in [0.717, 1.165) is 11.2 Å². The Balaban J connectivity index is 2.25. The Labute approximate surface area is 122 Å². The van der Waals surface area contributed by atoms with Crippen molar-refractivity contribution in [1.29, 1.82) is 0 Å². The SMILES string of the molecule is CCOc1cccc2c1nc(N)n2-c1ccc(F)c(C)c1. The van der Waals surface area contributed by atoms with E-state index in [2.05, 4.69) is 4.98 Å². The zero-order valence-electron chi connectivity index (χ0n) is 11.9. The second kappa shape index (κ2) is 5.09. The second-order valence-corrected chi connectivity index (χ2v) is 4.80. The van der Waals surface area contributed by atoms with Crippen molar-refractivity contribution in [3.8, 4) is 11.4 Å². The summed E-state index contributed by atoms with van der Waals surface area (Å²) in [6.45, 7) is 4.20. The van der Waals surface area contributed by atoms with E-state index >= 15 is 0 Å². The molecule has 3 aromatic rings. The Hall–Kier alpha value is -2.56. The highest BCUT2D eigenvalue weighted by Crippen LogP contribution is 2.30. The highest BCUT2D eigenvalue weighted by molar-refractivity contribution is 5.86. The van der Waals surface area contributed by atoms with Crippen LogP contribution in [-0.4, -0.2) is 16.2 Å². The summed E-state index contributed by atoms with van der Waals surface area (Å²) >= 11 is 0. The van der Waals surface area contributed by atoms with Gasteiger partial charge in [-0.25, -0.2) is 9.37 Å². The number of nitrogen functional groups attached to an aromatic ring is 1. The number of rotatable bonds is 3. The number of fused-ring (bicyclic) bond motifs is 1. The molecule has 1 aromatic heterocycles. The van der Waals surface area contributed by atoms with Crippen molar-refractivity contribution in [2.75, 3.05) is 12.3 Å². The van der Waals surface area contributed by atoms with Crippen molar-refractivity contribution in [1.82, 2.24) is 9.55 Å². The van der Waals surface area contributed by atoms with E-state index in [4.69, 9.17) is 10.5 Å². The maximum absolute atomic E-state index is 13.4. The van der Waals surface area contributed by atoms with Crippen LogP contribution in [0.1, 0.15) is 12.5 Å². The summed E-state index contributed by atoms with van der Waals surface area (Å²) in [4.78, 5) is 4.38. The zero-order chi connectivity index (χ0) is 15.0. The van der Waals surface area contributed by atoms with E-state index in [1.807, 2.05) is 25.1 Å². The minimum atomic E-state index is -0.239. The molecular formula is C16H16FN3O. The maximum atomic E-state index is 13.4. The number of benzene rings is 2. The molecule has 21 heavy (non-hydrogen) atoms. The molecule has 0 saturated carbocycles. The Bertz CT molecular complexity index is 811. The first kappa shape index (κ1) is 13.4. The van der Waals surface area contributed by atoms with Crippen molar-refractivity contribution >= 4 is 17.0 Å². The van der Waals surface area contributed by atoms with E-state index in [1.54, 1.807) is 23.6 Å². The van der Waals surface area contributed by atoms with Gasteiger partial charge < -0.3 is 10.5 Å². The number of para-hydroxylation sites is 1. The number of imidazole rings is 1. The lowest BCUT2D eigenvalue weighted by molar-refractivity contribution is 0.344. The van der Waals surface area contributed by atoms with Crippen LogP contribution in [0.25, 0.3) is 16.7 Å². The molecule has 2 aromatic carbocycles. The van der Waals surface area contributed by atoms with Gasteiger partial charge in [0, 0.05) is 5.69 Å². The molecule has 0 saturated heterocycles. The number of hydrogen-bond donors (Lipinski definition) is 1. The van der Waals surface area contributed by atoms with Gasteiger partial charge in [0.2, 0.25) is 5.95 Å². The maximum Gasteiger partial charge on any atom is 0.206 e. The van der Waals surface area contributed by atoms with Crippen LogP contribution in [0.2, 0.25) is 0 Å². The van der Waals surface area contributed by atoms with E-state index in [0.29, 0.717) is 29.4 Å². The Kier molecular flexibility index (Phi) is 3.25. The smallest absolute Gasteiger partial charge is 0.206 e. The van der Waals surface area contributed by atoms with E-state index < -0.39 is 0 Å². The fourth-order valence-corrected chi connectivity index (χ4v) is 2.40. The van der Waals surface area contributed by atoms with E-state index in [1.165, 1.54) is 6.07 Å². The molecule has 0 aliphatic carbocycles. The summed E-state index contributed by atoms with van der Waals surface area (Å²) in [5.74, 6) is 0.805. The molecule has 0 unspecified atom stereocenters. The van der Waals surface area contributed by atoms with Crippen LogP contribution in [0.3, 0.4) is 0 Å². The number of anilines is 1. The summed E-state index contributed by atoms with van der Waals surface area (Å²) in [5.41, 5.74) is 8.93. The number of halogens is 1. The van der Waals surface area contributed by atoms with Crippen LogP contribution in [0.15, 0.2) is 36.4 Å². The molecule has 0 aliphatic rings. The molecule has 0 radical (unpaired) electrons. The average Bonchev–Trinajstić information content (AvgIpc) is 2.80. The van der Waals surface area contributed by atoms with Gasteiger partial charge in [0.25, 0.3) is 0 Å². The van der Waals surface area contributed by atoms with Gasteiger partial charge in [-0.3, -0.25) is 4.57 Å². The lowest BCUT2D eigenvalue weighted by atomic mass is 10.2. The minimum absolute atomic E-state index is 0.239. The predicted molar refractivity (Wildman–Crippen MR) is 81.3 cm³/mol. The summed E-state index contributed by atoms with van der Waals surface area (Å²) in [6.07, 6.45) is 0. The van der Waals surface area contributed by atoms with Crippen molar-refractivity contribution in [3.63, 3.8) is 0 Å². The lowest BCUT2D eigenvalue weighted by Crippen LogP contribution is -2.01. The number of aromatic nitrogens is 2. The van der Waals surface area contributed by atoms with Crippen LogP contribution in [0.4, 0.5) is 10.3 Å². The fraction of sp³-hybridized carbons (Fsp3) is 0.188. The first-order chi connectivity index (χ1) is 10.1. The fourth-order valence-electron chi connectivity index (χ4n) is 2.40. The number of ether oxygens (including phenoxy) is 1. The number of nitrogens with zero attached hydrogens (tertiary/aromatic N) is 2. The van der Waals surface area contributed by atoms with Crippen LogP contribution < -0.4 is 10.5 Å². The van der Waals surface area contributed by atoms with Gasteiger partial charge in [0.15, 0.2) is 0 Å². The van der Waals surface area contributed by atoms with Crippen molar-refractivity contribution in [3.05, 3.63) is 47.8 Å². The topological polar surface area (TPSA) is 53.1 Å². The van der Waals surface area contributed by atoms with Gasteiger partial charge in [-0.15, -0.1) is 0 Å². The van der Waals surface area contributed by atoms with Gasteiger partial charge in [-0.2, -0.15) is 0 Å². The number of hydrogen-bond acceptors (Lipinski definition) is 3. The molecule has 0 atom stereocenters. The van der Waals surface area contributed by atoms with Gasteiger partial charge in [-0.05, 0) is 49.7 Å². The number of aryl methyl sites for hydroxylation is 1. The number of nitrogens with two attached hydrogens (primary N) is 1. The molecule has 108 valence electrons. The van der Waals surface area contributed by atoms with Crippen molar-refractivity contribution < 1.29 is 9.13 Å². The first-order valence-electron chi connectivity index (χ1n) is 6.78. The first-order valence-corrected chi connectivity index (χ1v) is 6.78. The molecular weight excluding hydrogens is 269 g/mol. The largest absolute Gasteiger partial charge is 0.492 e. The zero-order valence-corrected chi connectivity index (χ0v) is 11.9. The predicted octanol–water partition coefficient (Wildman–Crippen LogP) is 3.45. The van der Waals surface area contributed by atoms with Crippen molar-refractivity contribution in [2.45, 2.75) is 13.8 Å². The summed E-state index contributed by atoms with van der Waals surface area (Å²) in [5, 5.41) is 0. The third-order valence-electron chi connectivity index (χ3n) is 3.37. The van der Waals surface area contributed by atoms with E-state index in [9.17, 15) is 4.39 Å². The molecule has 3 rings (SSSR count). The van der Waals surface area contributed by atoms with Gasteiger partial charge in [-0.1, -0.05) is 6.07 Å². The molecule has 1 heterocycles. The normalized spacial score (nSPS) is 11.0. The lowest BCUT2D eigenvalue weighted by Gasteiger charge is -2.08. The molecule has 2 N–H and O–H groups in total. The Morgan fingerprint density at radius 1 is 1.29 bits per heavy atom. The minimum Gasteiger partial charge on any atom is -0.492 e. The standard InChI is InChI=1S/C16H16FN3O/c1-3-21-14-6-4-5-13-15(14)19-16(18)20(13)11-7-8-12(17)10(2)9-11/h4-9H,3H2,1-2H3,(H2,18,19). The van der Waals surface area contributed by atoms with Crippen LogP contribution in [0.5, 0.6) is 5.75 Å². The molecule has 4 nitrogen and oxygen atoms in total. The van der Waals surface area contributed by atoms with Crippen LogP contribution >= 0.6 is 0 Å². The highest BCUT2D eigenvalue weighted by Gasteiger charge is 2.14. The third-order valence-corrected chi connectivity index (χ3v) is 3.37. The summed E-state index contributed by atoms with van der Waals surface area (Å²) < 4.78 is 20.8. The highest BCUT2D eigenvalue weighted by atomic mass is 19.1. The van der Waals surface area contributed by atoms with Crippen LogP contribution in [0, 0.1) is 12.7 Å². The van der Waals surface area contributed by atoms with Gasteiger partial charge >= 0.3 is 0 Å². The quantitative estimate of drug-likeness (QED) is 0.802. The molecule has 0 fully saturated rings. The third kappa shape index (κ3) is 2.20. The van der Waals surface area contributed by atoms with Gasteiger partial charge in [0.1, 0.15) is 17.1 Å². The second-order valence-electron chi connectivity index (χ2n) is 4.80. The summed E-state index contributed by atoms with van der Waals surface area (Å²) in [7, 11) is 0. The molecule has 0 amide bonds. The molecule has 0 bridgehead atoms. The Morgan fingerprint density at radius 3 is 2.81 bits per heavy atom. The molecule has 0 aliphatic heterocycles. The van der Waals surface area contributed by atoms with E-state index in [-0.39, 0.29) is 5.82 Å². The molecule has 0 spiro atoms. The Morgan fingerprint density at radius 2 is 2.10 bits per heavy atom. The van der Waals surface area contributed by atoms with Crippen molar-refractivity contribution in [2.24, 2.45) is 0 Å².